The number of quaternary nitrogens is 2. The summed E-state index contributed by atoms with van der Waals surface area (Å²) in [6.07, 6.45) is 4.30. The molecule has 8 heteroatoms. The lowest BCUT2D eigenvalue weighted by molar-refractivity contribution is -0.883. The minimum Gasteiger partial charge on any atom is -0.422 e. The van der Waals surface area contributed by atoms with Crippen molar-refractivity contribution < 1.29 is 28.0 Å². The number of likely N-dealkylation sites (N-methyl/N-ethyl adjacent to an activating group) is 2. The highest BCUT2D eigenvalue weighted by Crippen LogP contribution is 2.13. The monoisotopic (exact) mass is 514 g/mol. The van der Waals surface area contributed by atoms with Crippen molar-refractivity contribution >= 4 is 36.8 Å². The Hall–Kier alpha value is -2.12. The second-order valence-electron chi connectivity index (χ2n) is 9.62. The predicted octanol–water partition coefficient (Wildman–Crippen LogP) is 4.75. The number of carbonyl (C=O) groups is 2. The van der Waals surface area contributed by atoms with Crippen molar-refractivity contribution in [3.63, 3.8) is 0 Å². The smallest absolute Gasteiger partial charge is 0.367 e. The van der Waals surface area contributed by atoms with E-state index in [-0.39, 0.29) is 36.8 Å². The molecular formula is C26H40Cl2N2O4+2. The van der Waals surface area contributed by atoms with Gasteiger partial charge in [-0.3, -0.25) is 0 Å². The lowest BCUT2D eigenvalue weighted by atomic mass is 10.1. The molecule has 2 rings (SSSR count). The van der Waals surface area contributed by atoms with Gasteiger partial charge in [0.15, 0.2) is 13.1 Å². The summed E-state index contributed by atoms with van der Waals surface area (Å²) >= 11 is 0. The molecule has 6 nitrogen and oxygen atoms in total. The third-order valence-electron chi connectivity index (χ3n) is 5.34. The van der Waals surface area contributed by atoms with Gasteiger partial charge in [-0.05, 0) is 49.9 Å². The van der Waals surface area contributed by atoms with Crippen molar-refractivity contribution in [3.8, 4) is 11.5 Å². The number of ether oxygens (including phenoxy) is 2. The van der Waals surface area contributed by atoms with Crippen molar-refractivity contribution in [2.75, 3.05) is 54.4 Å². The number of esters is 2. The molecule has 0 fully saturated rings. The van der Waals surface area contributed by atoms with Crippen molar-refractivity contribution in [1.82, 2.24) is 0 Å². The lowest BCUT2D eigenvalue weighted by Gasteiger charge is -2.29. The standard InChI is InChI=1S/C26H38N2O4.2ClH/c1-27(2,21-25(29)31-23-15-9-7-10-16-23)19-13-5-6-14-20-28(3,4)22-26(30)32-24-17-11-8-12-18-24;;/h7-12,15-18H,5-6,13-14,19-22H2,1-4H3;2*1H/q+2;;. The van der Waals surface area contributed by atoms with E-state index in [0.717, 1.165) is 38.8 Å². The molecule has 0 aromatic heterocycles. The Morgan fingerprint density at radius 1 is 0.588 bits per heavy atom. The van der Waals surface area contributed by atoms with Crippen molar-refractivity contribution in [2.24, 2.45) is 0 Å². The second kappa shape index (κ2) is 15.7. The molecule has 0 saturated heterocycles. The molecule has 0 unspecified atom stereocenters. The first-order chi connectivity index (χ1) is 15.2. The zero-order valence-corrected chi connectivity index (χ0v) is 22.4. The van der Waals surface area contributed by atoms with Crippen LogP contribution in [-0.2, 0) is 9.59 Å². The second-order valence-corrected chi connectivity index (χ2v) is 9.62. The van der Waals surface area contributed by atoms with Gasteiger partial charge < -0.3 is 18.4 Å². The average Bonchev–Trinajstić information content (AvgIpc) is 2.71. The molecule has 34 heavy (non-hydrogen) atoms. The summed E-state index contributed by atoms with van der Waals surface area (Å²) in [7, 11) is 8.24. The third kappa shape index (κ3) is 13.6. The van der Waals surface area contributed by atoms with E-state index in [2.05, 4.69) is 28.2 Å². The van der Waals surface area contributed by atoms with Gasteiger partial charge in [-0.1, -0.05) is 36.4 Å². The SMILES string of the molecule is C[N+](C)(CCCCCC[N+](C)(C)CC(=O)Oc1ccccc1)CC(=O)Oc1ccccc1.Cl.Cl. The summed E-state index contributed by atoms with van der Waals surface area (Å²) in [5.74, 6) is 0.766. The van der Waals surface area contributed by atoms with Crippen LogP contribution in [0.25, 0.3) is 0 Å². The normalized spacial score (nSPS) is 11.1. The number of rotatable bonds is 13. The number of nitrogens with zero attached hydrogens (tertiary/aromatic N) is 2. The largest absolute Gasteiger partial charge is 0.422 e. The van der Waals surface area contributed by atoms with Crippen LogP contribution >= 0.6 is 24.8 Å². The van der Waals surface area contributed by atoms with Gasteiger partial charge in [0.25, 0.3) is 0 Å². The molecule has 2 aromatic carbocycles. The molecule has 0 aliphatic heterocycles. The van der Waals surface area contributed by atoms with Gasteiger partial charge in [0.2, 0.25) is 0 Å². The summed E-state index contributed by atoms with van der Waals surface area (Å²) in [5.41, 5.74) is 0. The van der Waals surface area contributed by atoms with E-state index in [1.807, 2.05) is 36.4 Å². The number of unbranched alkanes of at least 4 members (excludes halogenated alkanes) is 3. The number of halogens is 2. The van der Waals surface area contributed by atoms with Gasteiger partial charge in [0, 0.05) is 0 Å². The quantitative estimate of drug-likeness (QED) is 0.167. The van der Waals surface area contributed by atoms with Crippen molar-refractivity contribution in [3.05, 3.63) is 60.7 Å². The zero-order valence-electron chi connectivity index (χ0n) is 20.8. The van der Waals surface area contributed by atoms with Gasteiger partial charge >= 0.3 is 11.9 Å². The Balaban J connectivity index is 0.00000544. The Morgan fingerprint density at radius 3 is 1.24 bits per heavy atom. The third-order valence-corrected chi connectivity index (χ3v) is 5.34. The summed E-state index contributed by atoms with van der Waals surface area (Å²) in [4.78, 5) is 24.4. The van der Waals surface area contributed by atoms with Gasteiger partial charge in [0.05, 0.1) is 41.3 Å². The van der Waals surface area contributed by atoms with Gasteiger partial charge in [0.1, 0.15) is 11.5 Å². The van der Waals surface area contributed by atoms with E-state index in [1.165, 1.54) is 0 Å². The van der Waals surface area contributed by atoms with Crippen LogP contribution in [0.1, 0.15) is 25.7 Å². The van der Waals surface area contributed by atoms with E-state index < -0.39 is 0 Å². The number of benzene rings is 2. The average molecular weight is 516 g/mol. The molecule has 0 aliphatic carbocycles. The topological polar surface area (TPSA) is 52.6 Å². The van der Waals surface area contributed by atoms with Crippen LogP contribution in [0.15, 0.2) is 60.7 Å². The Bertz CT molecular complexity index is 775. The first-order valence-corrected chi connectivity index (χ1v) is 11.3. The van der Waals surface area contributed by atoms with Gasteiger partial charge in [-0.25, -0.2) is 9.59 Å². The number of carbonyl (C=O) groups excluding carboxylic acids is 2. The Kier molecular flexibility index (Phi) is 14.7. The Labute approximate surface area is 216 Å². The lowest BCUT2D eigenvalue weighted by Crippen LogP contribution is -2.46. The summed E-state index contributed by atoms with van der Waals surface area (Å²) in [5, 5.41) is 0. The Morgan fingerprint density at radius 2 is 0.912 bits per heavy atom. The highest BCUT2D eigenvalue weighted by Gasteiger charge is 2.23. The van der Waals surface area contributed by atoms with Crippen LogP contribution in [0.4, 0.5) is 0 Å². The van der Waals surface area contributed by atoms with Crippen LogP contribution in [0.3, 0.4) is 0 Å². The molecule has 0 amide bonds. The van der Waals surface area contributed by atoms with E-state index in [4.69, 9.17) is 9.47 Å². The van der Waals surface area contributed by atoms with Gasteiger partial charge in [-0.2, -0.15) is 0 Å². The van der Waals surface area contributed by atoms with Crippen LogP contribution in [0.5, 0.6) is 11.5 Å². The molecule has 0 radical (unpaired) electrons. The highest BCUT2D eigenvalue weighted by molar-refractivity contribution is 5.85. The maximum atomic E-state index is 12.2. The molecule has 0 aliphatic rings. The minimum absolute atomic E-state index is 0. The number of hydrogen-bond donors (Lipinski definition) is 0. The van der Waals surface area contributed by atoms with E-state index in [0.29, 0.717) is 33.6 Å². The van der Waals surface area contributed by atoms with Crippen molar-refractivity contribution in [1.29, 1.82) is 0 Å². The number of para-hydroxylation sites is 2. The molecular weight excluding hydrogens is 475 g/mol. The van der Waals surface area contributed by atoms with E-state index in [9.17, 15) is 9.59 Å². The molecule has 0 heterocycles. The molecule has 0 bridgehead atoms. The fraction of sp³-hybridized carbons (Fsp3) is 0.462. The summed E-state index contributed by atoms with van der Waals surface area (Å²) in [6.45, 7) is 2.54. The van der Waals surface area contributed by atoms with E-state index >= 15 is 0 Å². The first-order valence-electron chi connectivity index (χ1n) is 11.3. The minimum atomic E-state index is -0.206. The summed E-state index contributed by atoms with van der Waals surface area (Å²) in [6, 6.07) is 18.4. The zero-order chi connectivity index (χ0) is 23.5. The van der Waals surface area contributed by atoms with E-state index in [1.54, 1.807) is 24.3 Å². The maximum absolute atomic E-state index is 12.2. The molecule has 0 N–H and O–H groups in total. The van der Waals surface area contributed by atoms with Crippen LogP contribution < -0.4 is 9.47 Å². The fourth-order valence-corrected chi connectivity index (χ4v) is 3.59. The van der Waals surface area contributed by atoms with Gasteiger partial charge in [-0.15, -0.1) is 24.8 Å². The number of hydrogen-bond acceptors (Lipinski definition) is 4. The molecule has 0 saturated carbocycles. The highest BCUT2D eigenvalue weighted by atomic mass is 35.5. The summed E-state index contributed by atoms with van der Waals surface area (Å²) < 4.78 is 12.0. The maximum Gasteiger partial charge on any atom is 0.367 e. The van der Waals surface area contributed by atoms with Crippen LogP contribution in [-0.4, -0.2) is 75.3 Å². The predicted molar refractivity (Wildman–Crippen MR) is 141 cm³/mol. The first kappa shape index (κ1) is 31.9. The molecule has 0 atom stereocenters. The van der Waals surface area contributed by atoms with Crippen molar-refractivity contribution in [2.45, 2.75) is 25.7 Å². The molecule has 0 spiro atoms. The molecule has 190 valence electrons. The molecule has 2 aromatic rings. The van der Waals surface area contributed by atoms with Crippen LogP contribution in [0.2, 0.25) is 0 Å². The van der Waals surface area contributed by atoms with Crippen LogP contribution in [0, 0.1) is 0 Å². The fourth-order valence-electron chi connectivity index (χ4n) is 3.59.